The minimum Gasteiger partial charge on any atom is -0.256 e. The number of hydrogen-bond donors (Lipinski definition) is 0. The van der Waals surface area contributed by atoms with E-state index >= 15 is 0 Å². The Labute approximate surface area is 116 Å². The highest BCUT2D eigenvalue weighted by Crippen LogP contribution is 2.20. The summed E-state index contributed by atoms with van der Waals surface area (Å²) in [5, 5.41) is 0. The van der Waals surface area contributed by atoms with Gasteiger partial charge in [0.15, 0.2) is 0 Å². The largest absolute Gasteiger partial charge is 0.256 e. The van der Waals surface area contributed by atoms with Crippen molar-refractivity contribution in [2.75, 3.05) is 0 Å². The molecule has 1 aromatic heterocycles. The minimum atomic E-state index is 1.05. The molecule has 0 aliphatic carbocycles. The first-order valence-corrected chi connectivity index (χ1v) is 6.99. The molecule has 0 aliphatic rings. The Balaban J connectivity index is 2.21. The predicted molar refractivity (Wildman–Crippen MR) is 82.2 cm³/mol. The Kier molecular flexibility index (Phi) is 4.91. The molecular weight excluding hydrogens is 230 g/mol. The van der Waals surface area contributed by atoms with Gasteiger partial charge in [0, 0.05) is 11.8 Å². The number of rotatable bonds is 5. The summed E-state index contributed by atoms with van der Waals surface area (Å²) in [5.41, 5.74) is 5.00. The summed E-state index contributed by atoms with van der Waals surface area (Å²) in [7, 11) is 0. The van der Waals surface area contributed by atoms with Crippen LogP contribution in [-0.4, -0.2) is 4.98 Å². The van der Waals surface area contributed by atoms with Gasteiger partial charge >= 0.3 is 0 Å². The molecule has 1 heteroatoms. The molecule has 0 spiro atoms. The van der Waals surface area contributed by atoms with E-state index < -0.39 is 0 Å². The van der Waals surface area contributed by atoms with Crippen LogP contribution in [0, 0.1) is 0 Å². The van der Waals surface area contributed by atoms with E-state index in [9.17, 15) is 0 Å². The van der Waals surface area contributed by atoms with Crippen molar-refractivity contribution in [3.8, 4) is 11.3 Å². The SMILES string of the molecule is C/C=C\CCc1cccc(-c2cc(CC)ccn2)c1. The number of aryl methyl sites for hydroxylation is 2. The molecule has 0 radical (unpaired) electrons. The maximum atomic E-state index is 4.48. The number of nitrogens with zero attached hydrogens (tertiary/aromatic N) is 1. The van der Waals surface area contributed by atoms with Crippen LogP contribution in [0.1, 0.15) is 31.4 Å². The van der Waals surface area contributed by atoms with E-state index in [1.807, 2.05) is 6.20 Å². The van der Waals surface area contributed by atoms with Crippen LogP contribution in [-0.2, 0) is 12.8 Å². The van der Waals surface area contributed by atoms with E-state index in [-0.39, 0.29) is 0 Å². The molecule has 0 bridgehead atoms. The van der Waals surface area contributed by atoms with Crippen molar-refractivity contribution in [2.45, 2.75) is 33.1 Å². The number of hydrogen-bond acceptors (Lipinski definition) is 1. The van der Waals surface area contributed by atoms with Gasteiger partial charge in [0.05, 0.1) is 5.69 Å². The molecule has 2 rings (SSSR count). The predicted octanol–water partition coefficient (Wildman–Crippen LogP) is 4.82. The monoisotopic (exact) mass is 251 g/mol. The lowest BCUT2D eigenvalue weighted by atomic mass is 10.0. The van der Waals surface area contributed by atoms with Gasteiger partial charge < -0.3 is 0 Å². The molecule has 98 valence electrons. The van der Waals surface area contributed by atoms with E-state index in [0.29, 0.717) is 0 Å². The van der Waals surface area contributed by atoms with Crippen molar-refractivity contribution in [1.82, 2.24) is 4.98 Å². The molecule has 0 unspecified atom stereocenters. The van der Waals surface area contributed by atoms with Crippen LogP contribution in [0.3, 0.4) is 0 Å². The number of pyridine rings is 1. The normalized spacial score (nSPS) is 11.1. The molecule has 0 amide bonds. The van der Waals surface area contributed by atoms with Gasteiger partial charge in [-0.05, 0) is 55.5 Å². The van der Waals surface area contributed by atoms with Crippen LogP contribution < -0.4 is 0 Å². The molecule has 19 heavy (non-hydrogen) atoms. The summed E-state index contributed by atoms with van der Waals surface area (Å²) < 4.78 is 0. The lowest BCUT2D eigenvalue weighted by Gasteiger charge is -2.05. The molecular formula is C18H21N. The second-order valence-electron chi connectivity index (χ2n) is 4.71. The topological polar surface area (TPSA) is 12.9 Å². The first-order chi connectivity index (χ1) is 9.33. The summed E-state index contributed by atoms with van der Waals surface area (Å²) in [5.74, 6) is 0. The van der Waals surface area contributed by atoms with Gasteiger partial charge in [-0.25, -0.2) is 0 Å². The standard InChI is InChI=1S/C18H21N/c1-3-5-6-8-16-9-7-10-17(13-16)18-14-15(4-2)11-12-19-18/h3,5,7,9-14H,4,6,8H2,1-2H3/b5-3-. The van der Waals surface area contributed by atoms with Gasteiger partial charge in [-0.3, -0.25) is 4.98 Å². The third-order valence-electron chi connectivity index (χ3n) is 3.29. The smallest absolute Gasteiger partial charge is 0.0704 e. The zero-order chi connectivity index (χ0) is 13.5. The van der Waals surface area contributed by atoms with Crippen LogP contribution in [0.25, 0.3) is 11.3 Å². The molecule has 1 nitrogen and oxygen atoms in total. The van der Waals surface area contributed by atoms with Crippen LogP contribution in [0.5, 0.6) is 0 Å². The fourth-order valence-electron chi connectivity index (χ4n) is 2.15. The number of aromatic nitrogens is 1. The van der Waals surface area contributed by atoms with Crippen LogP contribution in [0.2, 0.25) is 0 Å². The lowest BCUT2D eigenvalue weighted by Crippen LogP contribution is -1.89. The third kappa shape index (κ3) is 3.78. The zero-order valence-corrected chi connectivity index (χ0v) is 11.8. The molecule has 0 saturated heterocycles. The highest BCUT2D eigenvalue weighted by molar-refractivity contribution is 5.60. The van der Waals surface area contributed by atoms with Crippen molar-refractivity contribution in [3.05, 3.63) is 65.9 Å². The first kappa shape index (κ1) is 13.5. The van der Waals surface area contributed by atoms with Crippen LogP contribution in [0.15, 0.2) is 54.7 Å². The Hall–Kier alpha value is -1.89. The van der Waals surface area contributed by atoms with E-state index in [1.54, 1.807) is 0 Å². The highest BCUT2D eigenvalue weighted by Gasteiger charge is 2.01. The van der Waals surface area contributed by atoms with E-state index in [4.69, 9.17) is 0 Å². The lowest BCUT2D eigenvalue weighted by molar-refractivity contribution is 0.999. The van der Waals surface area contributed by atoms with Gasteiger partial charge in [-0.2, -0.15) is 0 Å². The molecule has 0 aliphatic heterocycles. The van der Waals surface area contributed by atoms with Crippen molar-refractivity contribution in [2.24, 2.45) is 0 Å². The summed E-state index contributed by atoms with van der Waals surface area (Å²) in [6.45, 7) is 4.24. The fraction of sp³-hybridized carbons (Fsp3) is 0.278. The Morgan fingerprint density at radius 2 is 2.00 bits per heavy atom. The molecule has 0 fully saturated rings. The van der Waals surface area contributed by atoms with Gasteiger partial charge in [0.2, 0.25) is 0 Å². The molecule has 0 atom stereocenters. The maximum Gasteiger partial charge on any atom is 0.0704 e. The highest BCUT2D eigenvalue weighted by atomic mass is 14.7. The molecule has 0 saturated carbocycles. The Morgan fingerprint density at radius 1 is 1.11 bits per heavy atom. The minimum absolute atomic E-state index is 1.05. The first-order valence-electron chi connectivity index (χ1n) is 6.99. The van der Waals surface area contributed by atoms with Crippen molar-refractivity contribution < 1.29 is 0 Å². The van der Waals surface area contributed by atoms with E-state index in [1.165, 1.54) is 16.7 Å². The second-order valence-corrected chi connectivity index (χ2v) is 4.71. The fourth-order valence-corrected chi connectivity index (χ4v) is 2.15. The van der Waals surface area contributed by atoms with Gasteiger partial charge in [-0.15, -0.1) is 0 Å². The average Bonchev–Trinajstić information content (AvgIpc) is 2.48. The molecule has 0 N–H and O–H groups in total. The Morgan fingerprint density at radius 3 is 2.79 bits per heavy atom. The zero-order valence-electron chi connectivity index (χ0n) is 11.8. The summed E-state index contributed by atoms with van der Waals surface area (Å²) >= 11 is 0. The van der Waals surface area contributed by atoms with Crippen molar-refractivity contribution in [1.29, 1.82) is 0 Å². The number of allylic oxidation sites excluding steroid dienone is 2. The van der Waals surface area contributed by atoms with Crippen molar-refractivity contribution in [3.63, 3.8) is 0 Å². The molecule has 2 aromatic rings. The summed E-state index contributed by atoms with van der Waals surface area (Å²) in [6, 6.07) is 13.0. The van der Waals surface area contributed by atoms with Crippen molar-refractivity contribution >= 4 is 0 Å². The van der Waals surface area contributed by atoms with Crippen LogP contribution >= 0.6 is 0 Å². The van der Waals surface area contributed by atoms with Gasteiger partial charge in [0.25, 0.3) is 0 Å². The third-order valence-corrected chi connectivity index (χ3v) is 3.29. The van der Waals surface area contributed by atoms with E-state index in [2.05, 4.69) is 67.4 Å². The van der Waals surface area contributed by atoms with Crippen LogP contribution in [0.4, 0.5) is 0 Å². The number of benzene rings is 1. The molecule has 1 aromatic carbocycles. The second kappa shape index (κ2) is 6.89. The van der Waals surface area contributed by atoms with Gasteiger partial charge in [-0.1, -0.05) is 37.3 Å². The van der Waals surface area contributed by atoms with E-state index in [0.717, 1.165) is 25.0 Å². The Bertz CT molecular complexity index is 555. The maximum absolute atomic E-state index is 4.48. The average molecular weight is 251 g/mol. The summed E-state index contributed by atoms with van der Waals surface area (Å²) in [6.07, 6.45) is 9.46. The quantitative estimate of drug-likeness (QED) is 0.694. The molecule has 1 heterocycles. The summed E-state index contributed by atoms with van der Waals surface area (Å²) in [4.78, 5) is 4.48. The van der Waals surface area contributed by atoms with Gasteiger partial charge in [0.1, 0.15) is 0 Å².